The Labute approximate surface area is 171 Å². The van der Waals surface area contributed by atoms with E-state index in [-0.39, 0.29) is 13.2 Å². The van der Waals surface area contributed by atoms with Crippen molar-refractivity contribution >= 4 is 22.7 Å². The number of hydrogen-bond acceptors (Lipinski definition) is 4. The van der Waals surface area contributed by atoms with Crippen LogP contribution in [-0.4, -0.2) is 53.0 Å². The average molecular weight is 393 g/mol. The molecule has 0 spiro atoms. The van der Waals surface area contributed by atoms with Crippen LogP contribution >= 0.6 is 0 Å². The molecule has 0 radical (unpaired) electrons. The van der Waals surface area contributed by atoms with Gasteiger partial charge in [-0.15, -0.1) is 0 Å². The van der Waals surface area contributed by atoms with E-state index in [1.807, 2.05) is 36.4 Å². The van der Waals surface area contributed by atoms with Gasteiger partial charge >= 0.3 is 0 Å². The Kier molecular flexibility index (Phi) is 2.71. The van der Waals surface area contributed by atoms with Crippen molar-refractivity contribution in [3.8, 4) is 11.5 Å². The van der Waals surface area contributed by atoms with Gasteiger partial charge in [-0.2, -0.15) is 0 Å². The summed E-state index contributed by atoms with van der Waals surface area (Å²) in [7, 11) is 0. The zero-order valence-corrected chi connectivity index (χ0v) is 15.3. The molecule has 0 saturated carbocycles. The van der Waals surface area contributed by atoms with Gasteiger partial charge in [0.25, 0.3) is 0 Å². The summed E-state index contributed by atoms with van der Waals surface area (Å²) in [6, 6.07) is 11.7. The van der Waals surface area contributed by atoms with Gasteiger partial charge in [0.05, 0.1) is 12.6 Å². The Morgan fingerprint density at radius 1 is 1.14 bits per heavy atom. The summed E-state index contributed by atoms with van der Waals surface area (Å²) in [5.41, 5.74) is 3.40. The van der Waals surface area contributed by atoms with E-state index in [2.05, 4.69) is 4.98 Å². The third-order valence-electron chi connectivity index (χ3n) is 5.98. The number of fused-ring (bicyclic) bond motifs is 5. The van der Waals surface area contributed by atoms with Crippen LogP contribution in [0, 0.1) is 0 Å². The molecule has 1 saturated heterocycles. The molecule has 7 nitrogen and oxygen atoms in total. The molecule has 1 N–H and O–H groups in total. The van der Waals surface area contributed by atoms with Crippen LogP contribution in [0.4, 0.5) is 0 Å². The summed E-state index contributed by atoms with van der Waals surface area (Å²) in [4.78, 5) is 32.3. The predicted octanol–water partition coefficient (Wildman–Crippen LogP) is 2.21. The molecule has 0 aliphatic carbocycles. The lowest BCUT2D eigenvalue weighted by Gasteiger charge is -2.46. The third-order valence-corrected chi connectivity index (χ3v) is 5.98. The van der Waals surface area contributed by atoms with Crippen molar-refractivity contribution in [2.45, 2.75) is 18.5 Å². The first kappa shape index (κ1) is 13.7. The minimum absolute atomic E-state index is 0.123. The fourth-order valence-electron chi connectivity index (χ4n) is 4.69. The van der Waals surface area contributed by atoms with Gasteiger partial charge in [0.1, 0.15) is 6.04 Å². The highest BCUT2D eigenvalue weighted by molar-refractivity contribution is 5.97. The molecule has 3 aliphatic heterocycles. The van der Waals surface area contributed by atoms with Crippen molar-refractivity contribution in [2.24, 2.45) is 0 Å². The van der Waals surface area contributed by atoms with E-state index in [1.165, 1.54) is 4.90 Å². The van der Waals surface area contributed by atoms with E-state index in [1.54, 1.807) is 6.07 Å². The van der Waals surface area contributed by atoms with Crippen LogP contribution in [0.1, 0.15) is 27.0 Å². The number of carbonyl (C=O) groups excluding carboxylic acids is 2. The molecule has 0 unspecified atom stereocenters. The highest BCUT2D eigenvalue weighted by atomic mass is 16.7. The van der Waals surface area contributed by atoms with Crippen molar-refractivity contribution in [2.75, 3.05) is 20.3 Å². The molecule has 2 amide bonds. The lowest BCUT2D eigenvalue weighted by atomic mass is 9.86. The van der Waals surface area contributed by atoms with Crippen molar-refractivity contribution < 1.29 is 23.2 Å². The molecule has 146 valence electrons. The molecule has 3 aromatic rings. The second-order valence-electron chi connectivity index (χ2n) is 7.52. The van der Waals surface area contributed by atoms with Crippen molar-refractivity contribution in [3.05, 3.63) is 59.3 Å². The van der Waals surface area contributed by atoms with E-state index >= 15 is 0 Å². The van der Waals surface area contributed by atoms with Crippen LogP contribution in [0.15, 0.2) is 42.5 Å². The molecule has 29 heavy (non-hydrogen) atoms. The van der Waals surface area contributed by atoms with Gasteiger partial charge in [0.15, 0.2) is 11.5 Å². The van der Waals surface area contributed by atoms with Crippen molar-refractivity contribution in [1.29, 1.82) is 0 Å². The SMILES string of the molecule is [2H][13C]([2H])([2H])N1CC(=O)N2[C@H](c3ccc4c(c3)OCO4)c3[nH]c4ccccc4c3C[C@@H]2C1=O. The van der Waals surface area contributed by atoms with Gasteiger partial charge in [0, 0.05) is 34.1 Å². The summed E-state index contributed by atoms with van der Waals surface area (Å²) in [5, 5.41) is 0.958. The maximum Gasteiger partial charge on any atom is 0.245 e. The largest absolute Gasteiger partial charge is 0.454 e. The molecule has 1 fully saturated rings. The summed E-state index contributed by atoms with van der Waals surface area (Å²) in [6.45, 7) is -3.03. The Balaban J connectivity index is 1.55. The molecule has 2 aromatic carbocycles. The number of aromatic amines is 1. The number of benzene rings is 2. The molecule has 0 bridgehead atoms. The normalized spacial score (nSPS) is 24.8. The monoisotopic (exact) mass is 393 g/mol. The van der Waals surface area contributed by atoms with Crippen LogP contribution in [0.3, 0.4) is 0 Å². The Morgan fingerprint density at radius 2 is 2.00 bits per heavy atom. The molecule has 2 atom stereocenters. The van der Waals surface area contributed by atoms with Crippen molar-refractivity contribution in [1.82, 2.24) is 14.8 Å². The van der Waals surface area contributed by atoms with E-state index in [0.29, 0.717) is 16.4 Å². The van der Waals surface area contributed by atoms with Crippen LogP contribution in [-0.2, 0) is 16.0 Å². The lowest BCUT2D eigenvalue weighted by molar-refractivity contribution is -0.157. The Bertz CT molecular complexity index is 1290. The molecular weight excluding hydrogens is 371 g/mol. The minimum Gasteiger partial charge on any atom is -0.454 e. The maximum atomic E-state index is 13.3. The second-order valence-corrected chi connectivity index (χ2v) is 7.52. The summed E-state index contributed by atoms with van der Waals surface area (Å²) >= 11 is 0. The number of nitrogens with one attached hydrogen (secondary N) is 1. The second kappa shape index (κ2) is 5.76. The van der Waals surface area contributed by atoms with Gasteiger partial charge in [-0.1, -0.05) is 24.3 Å². The van der Waals surface area contributed by atoms with E-state index < -0.39 is 37.4 Å². The minimum atomic E-state index is -2.67. The number of hydrogen-bond donors (Lipinski definition) is 1. The molecule has 6 rings (SSSR count). The highest BCUT2D eigenvalue weighted by Crippen LogP contribution is 2.44. The number of carbonyl (C=O) groups is 2. The molecule has 3 aliphatic rings. The van der Waals surface area contributed by atoms with Crippen LogP contribution in [0.5, 0.6) is 11.5 Å². The zero-order valence-electron chi connectivity index (χ0n) is 18.3. The van der Waals surface area contributed by atoms with Gasteiger partial charge < -0.3 is 24.3 Å². The molecule has 1 aromatic heterocycles. The van der Waals surface area contributed by atoms with E-state index in [4.69, 9.17) is 13.6 Å². The van der Waals surface area contributed by atoms with Crippen molar-refractivity contribution in [3.63, 3.8) is 0 Å². The van der Waals surface area contributed by atoms with Gasteiger partial charge in [-0.25, -0.2) is 0 Å². The van der Waals surface area contributed by atoms with Gasteiger partial charge in [-0.05, 0) is 29.3 Å². The zero-order chi connectivity index (χ0) is 22.2. The highest BCUT2D eigenvalue weighted by Gasteiger charge is 2.47. The third kappa shape index (κ3) is 2.24. The first-order valence-corrected chi connectivity index (χ1v) is 9.44. The number of H-pyrrole nitrogens is 1. The van der Waals surface area contributed by atoms with E-state index in [0.717, 1.165) is 27.7 Å². The molecular formula is C22H19N3O4. The van der Waals surface area contributed by atoms with Crippen LogP contribution in [0.25, 0.3) is 10.9 Å². The number of amides is 2. The quantitative estimate of drug-likeness (QED) is 0.644. The fourth-order valence-corrected chi connectivity index (χ4v) is 4.69. The number of nitrogens with zero attached hydrogens (tertiary/aromatic N) is 2. The summed E-state index contributed by atoms with van der Waals surface area (Å²) in [6.07, 6.45) is 0.248. The average Bonchev–Trinajstić information content (AvgIpc) is 3.37. The van der Waals surface area contributed by atoms with Gasteiger partial charge in [-0.3, -0.25) is 9.59 Å². The maximum absolute atomic E-state index is 13.3. The number of likely N-dealkylation sites (N-methyl/N-ethyl adjacent to an activating group) is 1. The van der Waals surface area contributed by atoms with Crippen LogP contribution < -0.4 is 9.47 Å². The lowest BCUT2D eigenvalue weighted by Crippen LogP contribution is -2.62. The number of piperazine rings is 1. The summed E-state index contributed by atoms with van der Waals surface area (Å²) in [5.74, 6) is 0.221. The number of para-hydroxylation sites is 1. The first-order valence-electron chi connectivity index (χ1n) is 10.9. The smallest absolute Gasteiger partial charge is 0.245 e. The number of ether oxygens (including phenoxy) is 2. The van der Waals surface area contributed by atoms with Crippen LogP contribution in [0.2, 0.25) is 0 Å². The molecule has 7 heteroatoms. The topological polar surface area (TPSA) is 74.9 Å². The molecule has 4 heterocycles. The Morgan fingerprint density at radius 3 is 2.90 bits per heavy atom. The Hall–Kier alpha value is -3.48. The fraction of sp³-hybridized carbons (Fsp3) is 0.273. The standard InChI is InChI=1S/C22H19N3O4/c1-24-10-19(26)25-16(22(24)27)9-14-13-4-2-3-5-15(13)23-20(14)21(25)12-6-7-17-18(8-12)29-11-28-17/h2-8,16,21,23H,9-11H2,1H3/t16-,21-/m1/s1/i1+1D3. The van der Waals surface area contributed by atoms with Gasteiger partial charge in [0.2, 0.25) is 18.6 Å². The number of aromatic nitrogens is 1. The predicted molar refractivity (Wildman–Crippen MR) is 105 cm³/mol. The first-order chi connectivity index (χ1) is 15.3. The number of rotatable bonds is 1. The van der Waals surface area contributed by atoms with E-state index in [9.17, 15) is 9.59 Å². The summed E-state index contributed by atoms with van der Waals surface area (Å²) < 4.78 is 34.1.